The van der Waals surface area contributed by atoms with Gasteiger partial charge in [0.1, 0.15) is 22.9 Å². The van der Waals surface area contributed by atoms with Crippen molar-refractivity contribution >= 4 is 92.3 Å². The van der Waals surface area contributed by atoms with Crippen LogP contribution in [-0.2, 0) is 31.4 Å². The number of phenolic OH excluding ortho intramolecular Hbond substituents is 2. The van der Waals surface area contributed by atoms with Gasteiger partial charge < -0.3 is 39.5 Å². The molecule has 0 saturated heterocycles. The number of hydrogen-bond donors (Lipinski definition) is 4. The van der Waals surface area contributed by atoms with Crippen LogP contribution in [0.3, 0.4) is 0 Å². The van der Waals surface area contributed by atoms with Gasteiger partial charge in [0.2, 0.25) is 0 Å². The first-order chi connectivity index (χ1) is 34.3. The molecule has 2 atom stereocenters. The number of halogens is 8. The van der Waals surface area contributed by atoms with Crippen LogP contribution in [0.1, 0.15) is 66.2 Å². The summed E-state index contributed by atoms with van der Waals surface area (Å²) in [5.74, 6) is -6.34. The van der Waals surface area contributed by atoms with Gasteiger partial charge in [-0.05, 0) is 56.7 Å². The Hall–Kier alpha value is -7.70. The molecular weight excluding hydrogens is 993 g/mol. The predicted octanol–water partition coefficient (Wildman–Crippen LogP) is 11.8. The number of rotatable bonds is 10. The lowest BCUT2D eigenvalue weighted by atomic mass is 9.95. The second-order valence-electron chi connectivity index (χ2n) is 17.0. The van der Waals surface area contributed by atoms with Crippen molar-refractivity contribution in [1.29, 1.82) is 0 Å². The van der Waals surface area contributed by atoms with Crippen molar-refractivity contribution in [2.45, 2.75) is 24.2 Å². The van der Waals surface area contributed by atoms with Crippen molar-refractivity contribution in [3.63, 3.8) is 0 Å². The van der Waals surface area contributed by atoms with E-state index in [0.717, 1.165) is 36.5 Å². The highest BCUT2D eigenvalue weighted by molar-refractivity contribution is 6.21. The summed E-state index contributed by atoms with van der Waals surface area (Å²) < 4.78 is 93.6. The zero-order valence-corrected chi connectivity index (χ0v) is 39.1. The first-order valence-corrected chi connectivity index (χ1v) is 22.9. The number of amides is 2. The van der Waals surface area contributed by atoms with Crippen LogP contribution in [0.4, 0.5) is 37.7 Å². The number of phenols is 2. The lowest BCUT2D eigenvalue weighted by Crippen LogP contribution is -2.28. The van der Waals surface area contributed by atoms with Crippen molar-refractivity contribution < 1.29 is 65.2 Å². The summed E-state index contributed by atoms with van der Waals surface area (Å²) in [5, 5.41) is 21.2. The quantitative estimate of drug-likeness (QED) is 0.0455. The average Bonchev–Trinajstić information content (AvgIpc) is 4.16. The van der Waals surface area contributed by atoms with Crippen LogP contribution in [0, 0.1) is 0 Å². The van der Waals surface area contributed by atoms with Crippen molar-refractivity contribution in [3.8, 4) is 33.8 Å². The Morgan fingerprint density at radius 1 is 0.597 bits per heavy atom. The topological polar surface area (TPSA) is 165 Å². The van der Waals surface area contributed by atoms with Crippen molar-refractivity contribution in [3.05, 3.63) is 142 Å². The molecule has 4 N–H and O–H groups in total. The molecule has 0 radical (unpaired) electrons. The van der Waals surface area contributed by atoms with Gasteiger partial charge in [0.15, 0.2) is 0 Å². The minimum atomic E-state index is -4.99. The Bertz CT molecular complexity index is 3180. The first-order valence-electron chi connectivity index (χ1n) is 21.8. The number of aromatic amines is 2. The summed E-state index contributed by atoms with van der Waals surface area (Å²) in [5.41, 5.74) is 0.456. The lowest BCUT2D eigenvalue weighted by Gasteiger charge is -2.16. The number of benzene rings is 5. The first kappa shape index (κ1) is 49.3. The summed E-state index contributed by atoms with van der Waals surface area (Å²) in [6.07, 6.45) is -4.24. The fourth-order valence-electron chi connectivity index (χ4n) is 9.48. The molecule has 12 nitrogen and oxygen atoms in total. The second kappa shape index (κ2) is 18.8. The number of H-pyrrole nitrogens is 2. The molecule has 0 fully saturated rings. The number of methoxy groups -OCH3 is 2. The normalized spacial score (nSPS) is 15.8. The number of carbonyl (C=O) groups is 4. The molecule has 20 heteroatoms. The number of alkyl halides is 8. The van der Waals surface area contributed by atoms with E-state index in [0.29, 0.717) is 11.1 Å². The molecule has 1 unspecified atom stereocenters. The molecule has 370 valence electrons. The van der Waals surface area contributed by atoms with Gasteiger partial charge in [0, 0.05) is 71.7 Å². The van der Waals surface area contributed by atoms with Crippen LogP contribution < -0.4 is 9.80 Å². The molecule has 4 heterocycles. The fraction of sp³-hybridized carbons (Fsp3) is 0.192. The van der Waals surface area contributed by atoms with Gasteiger partial charge in [-0.15, -0.1) is 23.2 Å². The van der Waals surface area contributed by atoms with Gasteiger partial charge in [-0.25, -0.2) is 9.59 Å². The van der Waals surface area contributed by atoms with E-state index in [2.05, 4.69) is 19.4 Å². The molecule has 2 aliphatic rings. The van der Waals surface area contributed by atoms with Gasteiger partial charge in [-0.2, -0.15) is 26.3 Å². The van der Waals surface area contributed by atoms with Gasteiger partial charge in [0.25, 0.3) is 11.8 Å². The van der Waals surface area contributed by atoms with Crippen molar-refractivity contribution in [2.24, 2.45) is 0 Å². The van der Waals surface area contributed by atoms with Crippen molar-refractivity contribution in [1.82, 2.24) is 9.97 Å². The van der Waals surface area contributed by atoms with E-state index in [9.17, 15) is 55.7 Å². The molecule has 9 rings (SSSR count). The van der Waals surface area contributed by atoms with Crippen LogP contribution in [0.15, 0.2) is 97.1 Å². The number of hydrogen-bond acceptors (Lipinski definition) is 8. The van der Waals surface area contributed by atoms with E-state index < -0.39 is 82.0 Å². The molecule has 0 saturated carbocycles. The summed E-state index contributed by atoms with van der Waals surface area (Å²) >= 11 is 12.5. The van der Waals surface area contributed by atoms with Crippen molar-refractivity contribution in [2.75, 3.05) is 48.9 Å². The Morgan fingerprint density at radius 3 is 1.21 bits per heavy atom. The number of ether oxygens (including phenoxy) is 2. The summed E-state index contributed by atoms with van der Waals surface area (Å²) in [6, 6.07) is 24.8. The number of aromatic nitrogens is 2. The van der Waals surface area contributed by atoms with E-state index in [1.807, 2.05) is 48.5 Å². The van der Waals surface area contributed by atoms with Crippen LogP contribution >= 0.6 is 23.2 Å². The molecule has 72 heavy (non-hydrogen) atoms. The minimum Gasteiger partial charge on any atom is -0.506 e. The molecule has 0 bridgehead atoms. The van der Waals surface area contributed by atoms with Crippen LogP contribution in [-0.4, -0.2) is 83.0 Å². The van der Waals surface area contributed by atoms with Gasteiger partial charge >= 0.3 is 24.3 Å². The van der Waals surface area contributed by atoms with E-state index in [1.165, 1.54) is 34.1 Å². The van der Waals surface area contributed by atoms with E-state index in [4.69, 9.17) is 23.2 Å². The summed E-state index contributed by atoms with van der Waals surface area (Å²) in [7, 11) is 1.88. The Balaban J connectivity index is 0.873. The van der Waals surface area contributed by atoms with E-state index in [1.54, 1.807) is 36.4 Å². The number of esters is 2. The number of nitrogens with one attached hydrogen (secondary N) is 2. The Kier molecular flexibility index (Phi) is 12.9. The average molecular weight is 1030 g/mol. The number of fused-ring (bicyclic) bond motifs is 6. The third-order valence-corrected chi connectivity index (χ3v) is 13.6. The van der Waals surface area contributed by atoms with E-state index >= 15 is 0 Å². The Labute approximate surface area is 414 Å². The molecular formula is C52H38Cl2F6N4O8. The zero-order valence-electron chi connectivity index (χ0n) is 37.6. The maximum atomic E-state index is 14.0. The third-order valence-electron chi connectivity index (χ3n) is 12.8. The smallest absolute Gasteiger partial charge is 0.432 e. The number of nitrogens with zero attached hydrogens (tertiary/aromatic N) is 2. The molecule has 2 amide bonds. The number of carbonyl (C=O) groups excluding carboxylic acids is 4. The summed E-state index contributed by atoms with van der Waals surface area (Å²) in [4.78, 5) is 59.5. The number of aromatic hydroxyl groups is 2. The fourth-order valence-corrected chi connectivity index (χ4v) is 9.99. The maximum Gasteiger partial charge on any atom is 0.432 e. The maximum absolute atomic E-state index is 14.0. The standard InChI is InChI=1S/C52H38Cl2F6N4O8/c1-71-49(69)43-41-39-31(21-53)23-63(33(39)19-35(65)45(41)61-47(43)51(55,56)57)37(67)17-7-25-3-9-27(10-4-25)29-13-15-30(16-14-29)28-11-5-26(6-12-28)8-18-38(68)64-24-32(22-54)40-34(64)20-36(66)46-42(40)44(50(70)72-2)48(62-46)52(58,59)60/h3-20,31-32,61-62,65-66H,21-24H2,1-2H3/b17-7+,18-8+/t31-,32?/m1/s1. The van der Waals surface area contributed by atoms with Crippen LogP contribution in [0.5, 0.6) is 11.5 Å². The monoisotopic (exact) mass is 1030 g/mol. The van der Waals surface area contributed by atoms with Gasteiger partial charge in [0.05, 0.1) is 47.8 Å². The summed E-state index contributed by atoms with van der Waals surface area (Å²) in [6.45, 7) is -0.0395. The molecule has 0 aliphatic carbocycles. The largest absolute Gasteiger partial charge is 0.506 e. The molecule has 2 aliphatic heterocycles. The van der Waals surface area contributed by atoms with Gasteiger partial charge in [-0.3, -0.25) is 9.59 Å². The van der Waals surface area contributed by atoms with Crippen LogP contribution in [0.2, 0.25) is 0 Å². The minimum absolute atomic E-state index is 0.0198. The molecule has 2 aromatic heterocycles. The number of anilines is 2. The van der Waals surface area contributed by atoms with E-state index in [-0.39, 0.29) is 69.2 Å². The Morgan fingerprint density at radius 2 is 0.917 bits per heavy atom. The SMILES string of the molecule is COC(=O)c1c(C(F)(F)F)[nH]c2c(O)cc3c(c12)C(CCl)CN3C(=O)/C=C/c1ccc(-c2ccc(-c3ccc(/C=C/C(=O)N4C[C@@H](CCl)c5c4cc(O)c4[nH]c(C(F)(F)F)c(C(=O)OC)c54)cc3)cc2)cc1. The van der Waals surface area contributed by atoms with Crippen LogP contribution in [0.25, 0.3) is 56.2 Å². The molecule has 7 aromatic rings. The lowest BCUT2D eigenvalue weighted by molar-refractivity contribution is -0.141. The second-order valence-corrected chi connectivity index (χ2v) is 17.6. The third kappa shape index (κ3) is 8.67. The predicted molar refractivity (Wildman–Crippen MR) is 260 cm³/mol. The highest BCUT2D eigenvalue weighted by Gasteiger charge is 2.45. The highest BCUT2D eigenvalue weighted by Crippen LogP contribution is 2.51. The molecule has 0 spiro atoms. The molecule has 5 aromatic carbocycles. The zero-order chi connectivity index (χ0) is 51.6. The highest BCUT2D eigenvalue weighted by atomic mass is 35.5. The van der Waals surface area contributed by atoms with Gasteiger partial charge in [-0.1, -0.05) is 72.8 Å².